The van der Waals surface area contributed by atoms with Gasteiger partial charge in [0.2, 0.25) is 0 Å². The van der Waals surface area contributed by atoms with E-state index >= 15 is 0 Å². The number of ketones is 1. The summed E-state index contributed by atoms with van der Waals surface area (Å²) in [5.74, 6) is -2.72. The normalized spacial score (nSPS) is 14.6. The molecule has 1 atom stereocenters. The van der Waals surface area contributed by atoms with E-state index in [9.17, 15) is 13.6 Å². The van der Waals surface area contributed by atoms with Gasteiger partial charge < -0.3 is 5.73 Å². The SMILES string of the molecule is CCCC(C)(N)C(=O)c1cccc(F)c1F. The molecule has 0 saturated carbocycles. The maximum absolute atomic E-state index is 13.4. The molecule has 0 amide bonds. The minimum atomic E-state index is -1.15. The van der Waals surface area contributed by atoms with Crippen molar-refractivity contribution in [1.82, 2.24) is 0 Å². The van der Waals surface area contributed by atoms with Gasteiger partial charge >= 0.3 is 0 Å². The third kappa shape index (κ3) is 2.44. The van der Waals surface area contributed by atoms with Gasteiger partial charge in [0.05, 0.1) is 11.1 Å². The van der Waals surface area contributed by atoms with Crippen LogP contribution in [0.3, 0.4) is 0 Å². The molecule has 0 heterocycles. The van der Waals surface area contributed by atoms with E-state index < -0.39 is 23.0 Å². The summed E-state index contributed by atoms with van der Waals surface area (Å²) in [5, 5.41) is 0. The van der Waals surface area contributed by atoms with Gasteiger partial charge in [-0.3, -0.25) is 4.79 Å². The van der Waals surface area contributed by atoms with Gasteiger partial charge in [0, 0.05) is 0 Å². The van der Waals surface area contributed by atoms with E-state index in [0.717, 1.165) is 6.07 Å². The van der Waals surface area contributed by atoms with Crippen LogP contribution in [0.1, 0.15) is 37.0 Å². The number of benzene rings is 1. The largest absolute Gasteiger partial charge is 0.319 e. The molecule has 0 aliphatic rings. The van der Waals surface area contributed by atoms with E-state index in [-0.39, 0.29) is 5.56 Å². The first kappa shape index (κ1) is 12.8. The molecule has 0 radical (unpaired) electrons. The number of nitrogens with two attached hydrogens (primary N) is 1. The molecule has 0 bridgehead atoms. The van der Waals surface area contributed by atoms with Crippen LogP contribution < -0.4 is 5.73 Å². The molecule has 2 nitrogen and oxygen atoms in total. The van der Waals surface area contributed by atoms with E-state index in [0.29, 0.717) is 12.8 Å². The Balaban J connectivity index is 3.10. The highest BCUT2D eigenvalue weighted by atomic mass is 19.2. The molecule has 0 fully saturated rings. The zero-order valence-corrected chi connectivity index (χ0v) is 9.39. The Kier molecular flexibility index (Phi) is 3.75. The summed E-state index contributed by atoms with van der Waals surface area (Å²) in [6.07, 6.45) is 1.14. The van der Waals surface area contributed by atoms with Crippen LogP contribution in [0.25, 0.3) is 0 Å². The van der Waals surface area contributed by atoms with Gasteiger partial charge in [-0.2, -0.15) is 0 Å². The second-order valence-corrected chi connectivity index (χ2v) is 4.10. The number of rotatable bonds is 4. The molecule has 2 N–H and O–H groups in total. The second-order valence-electron chi connectivity index (χ2n) is 4.10. The molecule has 88 valence electrons. The van der Waals surface area contributed by atoms with Crippen LogP contribution in [0.15, 0.2) is 18.2 Å². The van der Waals surface area contributed by atoms with Crippen LogP contribution in [-0.2, 0) is 0 Å². The smallest absolute Gasteiger partial charge is 0.185 e. The number of carbonyl (C=O) groups is 1. The topological polar surface area (TPSA) is 43.1 Å². The Bertz CT molecular complexity index is 402. The van der Waals surface area contributed by atoms with Crippen LogP contribution in [0.5, 0.6) is 0 Å². The average Bonchev–Trinajstić information content (AvgIpc) is 2.21. The van der Waals surface area contributed by atoms with E-state index in [2.05, 4.69) is 0 Å². The fourth-order valence-corrected chi connectivity index (χ4v) is 1.62. The first-order valence-electron chi connectivity index (χ1n) is 5.18. The molecule has 1 aromatic carbocycles. The summed E-state index contributed by atoms with van der Waals surface area (Å²) in [5.41, 5.74) is 4.35. The Morgan fingerprint density at radius 3 is 2.62 bits per heavy atom. The molecular weight excluding hydrogens is 212 g/mol. The maximum Gasteiger partial charge on any atom is 0.185 e. The van der Waals surface area contributed by atoms with E-state index in [1.807, 2.05) is 6.92 Å². The van der Waals surface area contributed by atoms with E-state index in [4.69, 9.17) is 5.73 Å². The third-order valence-corrected chi connectivity index (χ3v) is 2.48. The van der Waals surface area contributed by atoms with Gasteiger partial charge in [-0.15, -0.1) is 0 Å². The highest BCUT2D eigenvalue weighted by Crippen LogP contribution is 2.20. The third-order valence-electron chi connectivity index (χ3n) is 2.48. The quantitative estimate of drug-likeness (QED) is 0.803. The number of halogens is 2. The van der Waals surface area contributed by atoms with Crippen molar-refractivity contribution in [1.29, 1.82) is 0 Å². The van der Waals surface area contributed by atoms with Crippen molar-refractivity contribution in [3.63, 3.8) is 0 Å². The number of hydrogen-bond acceptors (Lipinski definition) is 2. The summed E-state index contributed by atoms with van der Waals surface area (Å²) in [6.45, 7) is 3.41. The molecule has 0 saturated heterocycles. The predicted molar refractivity (Wildman–Crippen MR) is 58.2 cm³/mol. The summed E-state index contributed by atoms with van der Waals surface area (Å²) in [7, 11) is 0. The van der Waals surface area contributed by atoms with Crippen molar-refractivity contribution >= 4 is 5.78 Å². The Labute approximate surface area is 93.5 Å². The van der Waals surface area contributed by atoms with Gasteiger partial charge in [0.1, 0.15) is 0 Å². The maximum atomic E-state index is 13.4. The lowest BCUT2D eigenvalue weighted by Crippen LogP contribution is -2.45. The van der Waals surface area contributed by atoms with Crippen molar-refractivity contribution in [2.24, 2.45) is 5.73 Å². The number of carbonyl (C=O) groups excluding carboxylic acids is 1. The van der Waals surface area contributed by atoms with E-state index in [1.54, 1.807) is 0 Å². The monoisotopic (exact) mass is 227 g/mol. The fourth-order valence-electron chi connectivity index (χ4n) is 1.62. The van der Waals surface area contributed by atoms with Crippen LogP contribution in [0.2, 0.25) is 0 Å². The van der Waals surface area contributed by atoms with Crippen molar-refractivity contribution < 1.29 is 13.6 Å². The number of Topliss-reactive ketones (excluding diaryl/α,β-unsaturated/α-hetero) is 1. The molecule has 1 rings (SSSR count). The molecule has 1 aromatic rings. The molecule has 0 aliphatic heterocycles. The predicted octanol–water partition coefficient (Wildman–Crippen LogP) is 2.67. The van der Waals surface area contributed by atoms with Crippen LogP contribution in [-0.4, -0.2) is 11.3 Å². The molecule has 16 heavy (non-hydrogen) atoms. The van der Waals surface area contributed by atoms with Gasteiger partial charge in [-0.1, -0.05) is 19.4 Å². The van der Waals surface area contributed by atoms with Crippen LogP contribution in [0, 0.1) is 11.6 Å². The van der Waals surface area contributed by atoms with Crippen LogP contribution in [0.4, 0.5) is 8.78 Å². The fraction of sp³-hybridized carbons (Fsp3) is 0.417. The average molecular weight is 227 g/mol. The van der Waals surface area contributed by atoms with Crippen LogP contribution >= 0.6 is 0 Å². The highest BCUT2D eigenvalue weighted by molar-refractivity contribution is 6.03. The molecular formula is C12H15F2NO. The van der Waals surface area contributed by atoms with Crippen molar-refractivity contribution in [2.45, 2.75) is 32.2 Å². The Morgan fingerprint density at radius 1 is 1.44 bits per heavy atom. The lowest BCUT2D eigenvalue weighted by molar-refractivity contribution is 0.0887. The minimum Gasteiger partial charge on any atom is -0.319 e. The standard InChI is InChI=1S/C12H15F2NO/c1-3-7-12(2,15)11(16)8-5-4-6-9(13)10(8)14/h4-6H,3,7,15H2,1-2H3. The summed E-state index contributed by atoms with van der Waals surface area (Å²) in [6, 6.07) is 3.52. The molecule has 1 unspecified atom stereocenters. The lowest BCUT2D eigenvalue weighted by atomic mass is 9.88. The van der Waals surface area contributed by atoms with Gasteiger partial charge in [-0.25, -0.2) is 8.78 Å². The van der Waals surface area contributed by atoms with Crippen molar-refractivity contribution in [3.05, 3.63) is 35.4 Å². The zero-order valence-electron chi connectivity index (χ0n) is 9.39. The first-order chi connectivity index (χ1) is 7.40. The summed E-state index contributed by atoms with van der Waals surface area (Å²) >= 11 is 0. The van der Waals surface area contributed by atoms with E-state index in [1.165, 1.54) is 19.1 Å². The molecule has 0 spiro atoms. The Hall–Kier alpha value is -1.29. The van der Waals surface area contributed by atoms with Gasteiger partial charge in [0.15, 0.2) is 17.4 Å². The summed E-state index contributed by atoms with van der Waals surface area (Å²) in [4.78, 5) is 11.9. The van der Waals surface area contributed by atoms with Crippen molar-refractivity contribution in [3.8, 4) is 0 Å². The number of hydrogen-bond donors (Lipinski definition) is 1. The highest BCUT2D eigenvalue weighted by Gasteiger charge is 2.30. The molecule has 0 aliphatic carbocycles. The first-order valence-corrected chi connectivity index (χ1v) is 5.18. The molecule has 4 heteroatoms. The zero-order chi connectivity index (χ0) is 12.3. The lowest BCUT2D eigenvalue weighted by Gasteiger charge is -2.22. The summed E-state index contributed by atoms with van der Waals surface area (Å²) < 4.78 is 26.3. The van der Waals surface area contributed by atoms with Gasteiger partial charge in [0.25, 0.3) is 0 Å². The Morgan fingerprint density at radius 2 is 2.06 bits per heavy atom. The van der Waals surface area contributed by atoms with Crippen molar-refractivity contribution in [2.75, 3.05) is 0 Å². The second kappa shape index (κ2) is 4.70. The van der Waals surface area contributed by atoms with Gasteiger partial charge in [-0.05, 0) is 25.5 Å². The molecule has 0 aromatic heterocycles. The minimum absolute atomic E-state index is 0.279.